The number of H-pyrrole nitrogens is 1. The number of para-hydroxylation sites is 2. The zero-order valence-corrected chi connectivity index (χ0v) is 19.4. The van der Waals surface area contributed by atoms with E-state index in [1.54, 1.807) is 0 Å². The summed E-state index contributed by atoms with van der Waals surface area (Å²) in [5.41, 5.74) is 11.2. The van der Waals surface area contributed by atoms with Gasteiger partial charge in [0.15, 0.2) is 0 Å². The molecule has 9 rings (SSSR count). The quantitative estimate of drug-likeness (QED) is 0.235. The van der Waals surface area contributed by atoms with Crippen molar-refractivity contribution >= 4 is 54.4 Å². The highest BCUT2D eigenvalue weighted by Gasteiger charge is 2.25. The minimum absolute atomic E-state index is 1.17. The van der Waals surface area contributed by atoms with E-state index in [9.17, 15) is 0 Å². The van der Waals surface area contributed by atoms with Crippen molar-refractivity contribution in [2.24, 2.45) is 0 Å². The summed E-state index contributed by atoms with van der Waals surface area (Å²) < 4.78 is 2.50. The first-order valence-corrected chi connectivity index (χ1v) is 12.5. The van der Waals surface area contributed by atoms with E-state index in [1.807, 2.05) is 0 Å². The third-order valence-electron chi connectivity index (χ3n) is 8.05. The standard InChI is InChI=1S/C34H20N2/c1-2-9-21-20(8-1)16-17-29-33(21)28-19-32-27(18-30(28)35-29)23-11-4-3-10-22(23)25-13-7-14-26-24-12-5-6-15-31(24)36(32)34(25)26/h1-19,35H. The van der Waals surface area contributed by atoms with Gasteiger partial charge < -0.3 is 9.55 Å². The van der Waals surface area contributed by atoms with Crippen LogP contribution in [-0.2, 0) is 0 Å². The molecular formula is C34H20N2. The van der Waals surface area contributed by atoms with Crippen molar-refractivity contribution < 1.29 is 0 Å². The Morgan fingerprint density at radius 1 is 0.472 bits per heavy atom. The molecule has 3 heterocycles. The molecule has 166 valence electrons. The van der Waals surface area contributed by atoms with Gasteiger partial charge in [-0.1, -0.05) is 91.0 Å². The van der Waals surface area contributed by atoms with Crippen LogP contribution in [0.4, 0.5) is 0 Å². The summed E-state index contributed by atoms with van der Waals surface area (Å²) >= 11 is 0. The maximum absolute atomic E-state index is 3.74. The van der Waals surface area contributed by atoms with Crippen molar-refractivity contribution in [1.82, 2.24) is 9.55 Å². The number of hydrogen-bond acceptors (Lipinski definition) is 0. The van der Waals surface area contributed by atoms with Crippen LogP contribution >= 0.6 is 0 Å². The first kappa shape index (κ1) is 18.5. The maximum atomic E-state index is 3.74. The normalized spacial score (nSPS) is 12.4. The lowest BCUT2D eigenvalue weighted by Gasteiger charge is -2.13. The molecule has 36 heavy (non-hydrogen) atoms. The Bertz CT molecular complexity index is 2210. The number of rotatable bonds is 0. The molecule has 6 aromatic carbocycles. The average Bonchev–Trinajstić information content (AvgIpc) is 3.44. The summed E-state index contributed by atoms with van der Waals surface area (Å²) in [6.45, 7) is 0. The largest absolute Gasteiger partial charge is 0.354 e. The molecule has 0 aliphatic carbocycles. The summed E-state index contributed by atoms with van der Waals surface area (Å²) in [6, 6.07) is 42.3. The number of benzene rings is 6. The number of nitrogens with one attached hydrogen (secondary N) is 1. The summed E-state index contributed by atoms with van der Waals surface area (Å²) in [5.74, 6) is 0. The van der Waals surface area contributed by atoms with Crippen molar-refractivity contribution in [3.8, 4) is 27.9 Å². The van der Waals surface area contributed by atoms with Gasteiger partial charge in [0.1, 0.15) is 0 Å². The predicted octanol–water partition coefficient (Wildman–Crippen LogP) is 9.22. The average molecular weight is 457 g/mol. The van der Waals surface area contributed by atoms with Gasteiger partial charge in [-0.3, -0.25) is 0 Å². The predicted molar refractivity (Wildman–Crippen MR) is 152 cm³/mol. The highest BCUT2D eigenvalue weighted by molar-refractivity contribution is 6.22. The molecule has 0 unspecified atom stereocenters. The summed E-state index contributed by atoms with van der Waals surface area (Å²) in [7, 11) is 0. The van der Waals surface area contributed by atoms with Gasteiger partial charge >= 0.3 is 0 Å². The Morgan fingerprint density at radius 3 is 2.11 bits per heavy atom. The van der Waals surface area contributed by atoms with E-state index in [1.165, 1.54) is 82.3 Å². The molecule has 1 aliphatic heterocycles. The molecule has 0 spiro atoms. The SMILES string of the molecule is c1ccc2c(c1)-c1cc3[nH]c4ccc5ccccc5c4c3cc1-n1c3ccccc3c3cccc-2c31. The summed E-state index contributed by atoms with van der Waals surface area (Å²) in [5, 5.41) is 7.72. The van der Waals surface area contributed by atoms with E-state index in [-0.39, 0.29) is 0 Å². The first-order valence-electron chi connectivity index (χ1n) is 12.5. The molecular weight excluding hydrogens is 436 g/mol. The molecule has 0 saturated heterocycles. The minimum Gasteiger partial charge on any atom is -0.354 e. The number of aromatic amines is 1. The molecule has 0 bridgehead atoms. The first-order chi connectivity index (χ1) is 17.9. The van der Waals surface area contributed by atoms with Gasteiger partial charge in [-0.05, 0) is 46.2 Å². The van der Waals surface area contributed by atoms with Crippen molar-refractivity contribution in [3.05, 3.63) is 115 Å². The van der Waals surface area contributed by atoms with Crippen LogP contribution in [-0.4, -0.2) is 9.55 Å². The Balaban J connectivity index is 1.56. The van der Waals surface area contributed by atoms with Gasteiger partial charge in [0.25, 0.3) is 0 Å². The van der Waals surface area contributed by atoms with E-state index >= 15 is 0 Å². The van der Waals surface area contributed by atoms with Crippen molar-refractivity contribution in [2.45, 2.75) is 0 Å². The molecule has 0 saturated carbocycles. The topological polar surface area (TPSA) is 20.7 Å². The fourth-order valence-electron chi connectivity index (χ4n) is 6.55. The fraction of sp³-hybridized carbons (Fsp3) is 0. The molecule has 0 atom stereocenters. The van der Waals surface area contributed by atoms with E-state index in [2.05, 4.69) is 125 Å². The summed E-state index contributed by atoms with van der Waals surface area (Å²) in [4.78, 5) is 3.74. The van der Waals surface area contributed by atoms with Crippen LogP contribution in [0.2, 0.25) is 0 Å². The molecule has 0 radical (unpaired) electrons. The number of hydrogen-bond donors (Lipinski definition) is 1. The zero-order valence-electron chi connectivity index (χ0n) is 19.4. The maximum Gasteiger partial charge on any atom is 0.0619 e. The van der Waals surface area contributed by atoms with E-state index < -0.39 is 0 Å². The van der Waals surface area contributed by atoms with Crippen molar-refractivity contribution in [1.29, 1.82) is 0 Å². The van der Waals surface area contributed by atoms with Crippen molar-refractivity contribution in [2.75, 3.05) is 0 Å². The highest BCUT2D eigenvalue weighted by atomic mass is 15.0. The minimum atomic E-state index is 1.17. The second-order valence-electron chi connectivity index (χ2n) is 9.85. The third kappa shape index (κ3) is 2.18. The van der Waals surface area contributed by atoms with Gasteiger partial charge in [0, 0.05) is 43.7 Å². The van der Waals surface area contributed by atoms with Crippen LogP contribution in [0.15, 0.2) is 115 Å². The van der Waals surface area contributed by atoms with Crippen LogP contribution < -0.4 is 0 Å². The molecule has 2 heteroatoms. The second-order valence-corrected chi connectivity index (χ2v) is 9.85. The molecule has 1 N–H and O–H groups in total. The van der Waals surface area contributed by atoms with Crippen LogP contribution in [0.3, 0.4) is 0 Å². The van der Waals surface area contributed by atoms with Crippen LogP contribution in [0.5, 0.6) is 0 Å². The van der Waals surface area contributed by atoms with Crippen molar-refractivity contribution in [3.63, 3.8) is 0 Å². The smallest absolute Gasteiger partial charge is 0.0619 e. The highest BCUT2D eigenvalue weighted by Crippen LogP contribution is 2.48. The Kier molecular flexibility index (Phi) is 3.31. The Labute approximate surface area is 207 Å². The van der Waals surface area contributed by atoms with E-state index in [0.29, 0.717) is 0 Å². The molecule has 8 aromatic rings. The van der Waals surface area contributed by atoms with Gasteiger partial charge in [-0.25, -0.2) is 0 Å². The zero-order chi connectivity index (χ0) is 23.4. The van der Waals surface area contributed by atoms with Crippen LogP contribution in [0, 0.1) is 0 Å². The monoisotopic (exact) mass is 456 g/mol. The van der Waals surface area contributed by atoms with Gasteiger partial charge in [-0.15, -0.1) is 0 Å². The fourth-order valence-corrected chi connectivity index (χ4v) is 6.55. The Hall–Kier alpha value is -4.82. The van der Waals surface area contributed by atoms with Gasteiger partial charge in [0.05, 0.1) is 16.7 Å². The van der Waals surface area contributed by atoms with Crippen LogP contribution in [0.1, 0.15) is 0 Å². The van der Waals surface area contributed by atoms with E-state index in [0.717, 1.165) is 0 Å². The van der Waals surface area contributed by atoms with Crippen LogP contribution in [0.25, 0.3) is 82.3 Å². The van der Waals surface area contributed by atoms with Gasteiger partial charge in [-0.2, -0.15) is 0 Å². The lowest BCUT2D eigenvalue weighted by Crippen LogP contribution is -1.96. The number of nitrogens with zero attached hydrogens (tertiary/aromatic N) is 1. The second kappa shape index (κ2) is 6.44. The Morgan fingerprint density at radius 2 is 1.19 bits per heavy atom. The molecule has 0 amide bonds. The number of fused-ring (bicyclic) bond motifs is 13. The molecule has 0 fully saturated rings. The van der Waals surface area contributed by atoms with Gasteiger partial charge in [0.2, 0.25) is 0 Å². The number of aromatic nitrogens is 2. The lowest BCUT2D eigenvalue weighted by molar-refractivity contribution is 1.19. The molecule has 1 aliphatic rings. The molecule has 2 aromatic heterocycles. The lowest BCUT2D eigenvalue weighted by atomic mass is 9.93. The third-order valence-corrected chi connectivity index (χ3v) is 8.05. The van der Waals surface area contributed by atoms with E-state index in [4.69, 9.17) is 0 Å². The molecule has 2 nitrogen and oxygen atoms in total. The summed E-state index contributed by atoms with van der Waals surface area (Å²) in [6.07, 6.45) is 0.